The second-order valence-electron chi connectivity index (χ2n) is 3.75. The lowest BCUT2D eigenvalue weighted by Crippen LogP contribution is -2.19. The van der Waals surface area contributed by atoms with Crippen LogP contribution in [0.4, 0.5) is 10.6 Å². The van der Waals surface area contributed by atoms with E-state index in [1.807, 2.05) is 13.1 Å². The molecule has 0 aliphatic heterocycles. The van der Waals surface area contributed by atoms with E-state index >= 15 is 0 Å². The summed E-state index contributed by atoms with van der Waals surface area (Å²) in [5, 5.41) is 7.98. The summed E-state index contributed by atoms with van der Waals surface area (Å²) in [6.07, 6.45) is 0.864. The van der Waals surface area contributed by atoms with Crippen LogP contribution in [0.15, 0.2) is 12.1 Å². The quantitative estimate of drug-likeness (QED) is 0.861. The Balaban J connectivity index is 2.76. The molecule has 1 aromatic heterocycles. The molecule has 0 aliphatic carbocycles. The van der Waals surface area contributed by atoms with E-state index in [0.717, 1.165) is 22.9 Å². The molecule has 0 atom stereocenters. The van der Waals surface area contributed by atoms with Crippen LogP contribution in [0.2, 0.25) is 5.02 Å². The predicted molar refractivity (Wildman–Crippen MR) is 68.3 cm³/mol. The maximum absolute atomic E-state index is 10.9. The lowest BCUT2D eigenvalue weighted by molar-refractivity contribution is 0.259. The molecule has 0 bridgehead atoms. The van der Waals surface area contributed by atoms with E-state index in [0.29, 0.717) is 10.8 Å². The zero-order chi connectivity index (χ0) is 12.6. The molecule has 3 N–H and O–H groups in total. The van der Waals surface area contributed by atoms with Crippen LogP contribution in [0.3, 0.4) is 0 Å². The van der Waals surface area contributed by atoms with E-state index in [1.54, 1.807) is 10.7 Å². The summed E-state index contributed by atoms with van der Waals surface area (Å²) in [7, 11) is 1.81. The molecule has 0 spiro atoms. The molecule has 2 rings (SSSR count). The zero-order valence-corrected chi connectivity index (χ0v) is 10.4. The number of carbonyl (C=O) groups excluding carboxylic acids is 1. The highest BCUT2D eigenvalue weighted by Crippen LogP contribution is 2.32. The van der Waals surface area contributed by atoms with Crippen molar-refractivity contribution in [1.29, 1.82) is 0 Å². The van der Waals surface area contributed by atoms with E-state index in [-0.39, 0.29) is 0 Å². The van der Waals surface area contributed by atoms with Crippen LogP contribution in [-0.2, 0) is 13.5 Å². The third-order valence-corrected chi connectivity index (χ3v) is 2.96. The fraction of sp³-hybridized carbons (Fsp3) is 0.273. The summed E-state index contributed by atoms with van der Waals surface area (Å²) in [6, 6.07) is 3.11. The summed E-state index contributed by atoms with van der Waals surface area (Å²) in [5.41, 5.74) is 7.15. The number of anilines is 1. The Bertz CT molecular complexity index is 591. The van der Waals surface area contributed by atoms with E-state index in [9.17, 15) is 4.79 Å². The molecule has 0 unspecified atom stereocenters. The number of benzene rings is 1. The molecule has 90 valence electrons. The van der Waals surface area contributed by atoms with E-state index in [1.165, 1.54) is 0 Å². The molecule has 1 aromatic carbocycles. The third kappa shape index (κ3) is 1.93. The molecule has 0 fully saturated rings. The SMILES string of the molecule is CCc1ccc(Cl)c2c(NC(N)=O)nn(C)c12. The van der Waals surface area contributed by atoms with Crippen molar-refractivity contribution in [3.63, 3.8) is 0 Å². The first-order valence-corrected chi connectivity index (χ1v) is 5.63. The van der Waals surface area contributed by atoms with Gasteiger partial charge in [-0.1, -0.05) is 24.6 Å². The minimum absolute atomic E-state index is 0.398. The Kier molecular flexibility index (Phi) is 2.93. The fourth-order valence-corrected chi connectivity index (χ4v) is 2.19. The minimum atomic E-state index is -0.650. The molecule has 17 heavy (non-hydrogen) atoms. The molecule has 5 nitrogen and oxygen atoms in total. The number of aromatic nitrogens is 2. The number of rotatable bonds is 2. The molecule has 0 saturated carbocycles. The molecule has 2 aromatic rings. The van der Waals surface area contributed by atoms with Crippen LogP contribution in [0.5, 0.6) is 0 Å². The van der Waals surface area contributed by atoms with Gasteiger partial charge < -0.3 is 5.73 Å². The smallest absolute Gasteiger partial charge is 0.317 e. The number of nitrogens with one attached hydrogen (secondary N) is 1. The monoisotopic (exact) mass is 252 g/mol. The lowest BCUT2D eigenvalue weighted by atomic mass is 10.1. The molecule has 0 aliphatic rings. The van der Waals surface area contributed by atoms with E-state index in [2.05, 4.69) is 17.3 Å². The van der Waals surface area contributed by atoms with Crippen molar-refractivity contribution in [1.82, 2.24) is 9.78 Å². The Hall–Kier alpha value is -1.75. The third-order valence-electron chi connectivity index (χ3n) is 2.64. The first kappa shape index (κ1) is 11.7. The summed E-state index contributed by atoms with van der Waals surface area (Å²) >= 11 is 6.14. The van der Waals surface area contributed by atoms with Gasteiger partial charge >= 0.3 is 6.03 Å². The highest BCUT2D eigenvalue weighted by molar-refractivity contribution is 6.36. The Morgan fingerprint density at radius 2 is 2.29 bits per heavy atom. The van der Waals surface area contributed by atoms with Crippen molar-refractivity contribution in [2.75, 3.05) is 5.32 Å². The number of hydrogen-bond acceptors (Lipinski definition) is 2. The van der Waals surface area contributed by atoms with E-state index in [4.69, 9.17) is 17.3 Å². The largest absolute Gasteiger partial charge is 0.351 e. The lowest BCUT2D eigenvalue weighted by Gasteiger charge is -2.03. The second kappa shape index (κ2) is 4.25. The van der Waals surface area contributed by atoms with Gasteiger partial charge in [0.15, 0.2) is 5.82 Å². The molecule has 2 amide bonds. The van der Waals surface area contributed by atoms with Crippen LogP contribution in [0.1, 0.15) is 12.5 Å². The van der Waals surface area contributed by atoms with Crippen molar-refractivity contribution in [3.05, 3.63) is 22.7 Å². The van der Waals surface area contributed by atoms with Gasteiger partial charge in [-0.15, -0.1) is 0 Å². The van der Waals surface area contributed by atoms with Gasteiger partial charge in [-0.3, -0.25) is 10.00 Å². The standard InChI is InChI=1S/C11H13ClN4O/c1-3-6-4-5-7(12)8-9(6)16(2)15-10(8)14-11(13)17/h4-5H,3H2,1-2H3,(H3,13,14,15,17). The first-order valence-electron chi connectivity index (χ1n) is 5.25. The van der Waals surface area contributed by atoms with Crippen LogP contribution < -0.4 is 11.1 Å². The van der Waals surface area contributed by atoms with Crippen LogP contribution in [0, 0.1) is 0 Å². The van der Waals surface area contributed by atoms with Crippen LogP contribution in [-0.4, -0.2) is 15.8 Å². The topological polar surface area (TPSA) is 72.9 Å². The van der Waals surface area contributed by atoms with Crippen LogP contribution in [0.25, 0.3) is 10.9 Å². The Morgan fingerprint density at radius 1 is 1.59 bits per heavy atom. The summed E-state index contributed by atoms with van der Waals surface area (Å²) in [6.45, 7) is 2.05. The molecule has 0 radical (unpaired) electrons. The van der Waals surface area contributed by atoms with Gasteiger partial charge in [-0.05, 0) is 18.1 Å². The average Bonchev–Trinajstić information content (AvgIpc) is 2.57. The predicted octanol–water partition coefficient (Wildman–Crippen LogP) is 2.28. The molecule has 6 heteroatoms. The van der Waals surface area contributed by atoms with Crippen LogP contribution >= 0.6 is 11.6 Å². The number of hydrogen-bond donors (Lipinski definition) is 2. The number of fused-ring (bicyclic) bond motifs is 1. The van der Waals surface area contributed by atoms with Gasteiger partial charge in [0, 0.05) is 7.05 Å². The van der Waals surface area contributed by atoms with E-state index < -0.39 is 6.03 Å². The van der Waals surface area contributed by atoms with Crippen molar-refractivity contribution in [3.8, 4) is 0 Å². The maximum Gasteiger partial charge on any atom is 0.317 e. The number of primary amides is 1. The molecular weight excluding hydrogens is 240 g/mol. The zero-order valence-electron chi connectivity index (χ0n) is 9.62. The highest BCUT2D eigenvalue weighted by atomic mass is 35.5. The van der Waals surface area contributed by atoms with Gasteiger partial charge in [0.1, 0.15) is 0 Å². The van der Waals surface area contributed by atoms with Gasteiger partial charge in [-0.2, -0.15) is 5.10 Å². The van der Waals surface area contributed by atoms with Gasteiger partial charge in [-0.25, -0.2) is 4.79 Å². The van der Waals surface area contributed by atoms with Crippen molar-refractivity contribution in [2.24, 2.45) is 12.8 Å². The summed E-state index contributed by atoms with van der Waals surface area (Å²) in [4.78, 5) is 10.9. The molecule has 0 saturated heterocycles. The van der Waals surface area contributed by atoms with Crippen molar-refractivity contribution >= 4 is 34.4 Å². The number of carbonyl (C=O) groups is 1. The molecule has 1 heterocycles. The molecular formula is C11H13ClN4O. The van der Waals surface area contributed by atoms with Gasteiger partial charge in [0.2, 0.25) is 0 Å². The number of amides is 2. The highest BCUT2D eigenvalue weighted by Gasteiger charge is 2.15. The number of urea groups is 1. The summed E-state index contributed by atoms with van der Waals surface area (Å²) < 4.78 is 1.70. The van der Waals surface area contributed by atoms with Gasteiger partial charge in [0.05, 0.1) is 15.9 Å². The number of aryl methyl sites for hydroxylation is 2. The first-order chi connectivity index (χ1) is 8.04. The van der Waals surface area contributed by atoms with Crippen molar-refractivity contribution < 1.29 is 4.79 Å². The number of nitrogens with two attached hydrogens (primary N) is 1. The fourth-order valence-electron chi connectivity index (χ4n) is 1.94. The summed E-state index contributed by atoms with van der Waals surface area (Å²) in [5.74, 6) is 0.398. The number of nitrogens with zero attached hydrogens (tertiary/aromatic N) is 2. The number of halogens is 1. The second-order valence-corrected chi connectivity index (χ2v) is 4.15. The van der Waals surface area contributed by atoms with Crippen molar-refractivity contribution in [2.45, 2.75) is 13.3 Å². The Labute approximate surface area is 104 Å². The normalized spacial score (nSPS) is 10.8. The average molecular weight is 253 g/mol. The minimum Gasteiger partial charge on any atom is -0.351 e. The van der Waals surface area contributed by atoms with Gasteiger partial charge in [0.25, 0.3) is 0 Å². The maximum atomic E-state index is 10.9. The Morgan fingerprint density at radius 3 is 2.88 bits per heavy atom.